The zero-order valence-corrected chi connectivity index (χ0v) is 16.2. The first-order valence-corrected chi connectivity index (χ1v) is 10.6. The number of para-hydroxylation sites is 1. The molecule has 144 valence electrons. The molecule has 0 radical (unpaired) electrons. The molecule has 1 aromatic rings. The minimum atomic E-state index is -3.31. The lowest BCUT2D eigenvalue weighted by Crippen LogP contribution is -2.51. The molecule has 1 heterocycles. The summed E-state index contributed by atoms with van der Waals surface area (Å²) in [7, 11) is -1.64. The maximum atomic E-state index is 12.3. The van der Waals surface area contributed by atoms with E-state index in [4.69, 9.17) is 4.74 Å². The van der Waals surface area contributed by atoms with Crippen molar-refractivity contribution in [2.75, 3.05) is 39.8 Å². The summed E-state index contributed by atoms with van der Waals surface area (Å²) in [5.41, 5.74) is 1.13. The van der Waals surface area contributed by atoms with E-state index in [1.165, 1.54) is 0 Å². The van der Waals surface area contributed by atoms with Crippen LogP contribution in [-0.4, -0.2) is 69.2 Å². The predicted octanol–water partition coefficient (Wildman–Crippen LogP) is 0.982. The molecule has 3 rings (SSSR count). The van der Waals surface area contributed by atoms with Crippen molar-refractivity contribution in [3.05, 3.63) is 29.8 Å². The van der Waals surface area contributed by atoms with Crippen molar-refractivity contribution >= 4 is 15.9 Å². The van der Waals surface area contributed by atoms with E-state index < -0.39 is 10.0 Å². The standard InChI is InChI=1S/C18H27N3O4S/c1-14(16-5-3-4-6-17(16)25-2)20-9-11-21(12-10-20)18(22)13-19-26(23,24)15-7-8-15/h3-6,14-15,19H,7-13H2,1-2H3. The Morgan fingerprint density at radius 2 is 1.88 bits per heavy atom. The highest BCUT2D eigenvalue weighted by molar-refractivity contribution is 7.90. The van der Waals surface area contributed by atoms with Crippen LogP contribution >= 0.6 is 0 Å². The summed E-state index contributed by atoms with van der Waals surface area (Å²) in [6, 6.07) is 8.16. The third-order valence-corrected chi connectivity index (χ3v) is 7.09. The minimum Gasteiger partial charge on any atom is -0.496 e. The minimum absolute atomic E-state index is 0.138. The van der Waals surface area contributed by atoms with Gasteiger partial charge < -0.3 is 9.64 Å². The van der Waals surface area contributed by atoms with Crippen LogP contribution in [0.5, 0.6) is 5.75 Å². The van der Waals surface area contributed by atoms with Gasteiger partial charge in [-0.2, -0.15) is 0 Å². The Morgan fingerprint density at radius 1 is 1.23 bits per heavy atom. The van der Waals surface area contributed by atoms with Gasteiger partial charge in [0, 0.05) is 37.8 Å². The van der Waals surface area contributed by atoms with E-state index in [2.05, 4.69) is 22.6 Å². The number of hydrogen-bond acceptors (Lipinski definition) is 5. The maximum absolute atomic E-state index is 12.3. The van der Waals surface area contributed by atoms with Crippen LogP contribution in [0.4, 0.5) is 0 Å². The molecular weight excluding hydrogens is 354 g/mol. The molecule has 1 saturated carbocycles. The Morgan fingerprint density at radius 3 is 2.50 bits per heavy atom. The molecule has 1 saturated heterocycles. The zero-order valence-electron chi connectivity index (χ0n) is 15.3. The fraction of sp³-hybridized carbons (Fsp3) is 0.611. The van der Waals surface area contributed by atoms with E-state index in [0.717, 1.165) is 24.4 Å². The van der Waals surface area contributed by atoms with Crippen molar-refractivity contribution in [3.8, 4) is 5.75 Å². The smallest absolute Gasteiger partial charge is 0.237 e. The van der Waals surface area contributed by atoms with E-state index in [9.17, 15) is 13.2 Å². The van der Waals surface area contributed by atoms with Crippen molar-refractivity contribution < 1.29 is 17.9 Å². The molecule has 0 spiro atoms. The lowest BCUT2D eigenvalue weighted by atomic mass is 10.0. The number of methoxy groups -OCH3 is 1. The molecule has 0 aromatic heterocycles. The van der Waals surface area contributed by atoms with Gasteiger partial charge in [0.15, 0.2) is 0 Å². The number of carbonyl (C=O) groups is 1. The summed E-state index contributed by atoms with van der Waals surface area (Å²) in [6.07, 6.45) is 1.39. The van der Waals surface area contributed by atoms with Crippen LogP contribution < -0.4 is 9.46 Å². The molecule has 1 N–H and O–H groups in total. The van der Waals surface area contributed by atoms with E-state index in [1.54, 1.807) is 12.0 Å². The molecule has 1 aliphatic heterocycles. The fourth-order valence-corrected chi connectivity index (χ4v) is 4.65. The second-order valence-corrected chi connectivity index (χ2v) is 8.95. The monoisotopic (exact) mass is 381 g/mol. The molecular formula is C18H27N3O4S. The first kappa shape index (κ1) is 19.1. The number of sulfonamides is 1. The normalized spacial score (nSPS) is 20.0. The van der Waals surface area contributed by atoms with Gasteiger partial charge in [-0.05, 0) is 25.8 Å². The fourth-order valence-electron chi connectivity index (χ4n) is 3.34. The summed E-state index contributed by atoms with van der Waals surface area (Å²) in [6.45, 7) is 4.70. The topological polar surface area (TPSA) is 79.0 Å². The SMILES string of the molecule is COc1ccccc1C(C)N1CCN(C(=O)CNS(=O)(=O)C2CC2)CC1. The van der Waals surface area contributed by atoms with Crippen molar-refractivity contribution in [3.63, 3.8) is 0 Å². The highest BCUT2D eigenvalue weighted by atomic mass is 32.2. The van der Waals surface area contributed by atoms with Gasteiger partial charge in [0.1, 0.15) is 5.75 Å². The quantitative estimate of drug-likeness (QED) is 0.762. The van der Waals surface area contributed by atoms with Crippen LogP contribution in [0, 0.1) is 0 Å². The van der Waals surface area contributed by atoms with E-state index in [0.29, 0.717) is 25.9 Å². The molecule has 26 heavy (non-hydrogen) atoms. The van der Waals surface area contributed by atoms with Crippen molar-refractivity contribution in [1.29, 1.82) is 0 Å². The summed E-state index contributed by atoms with van der Waals surface area (Å²) in [5, 5.41) is -0.297. The number of rotatable bonds is 7. The summed E-state index contributed by atoms with van der Waals surface area (Å²) < 4.78 is 31.6. The largest absolute Gasteiger partial charge is 0.496 e. The Bertz CT molecular complexity index is 741. The molecule has 2 aliphatic rings. The highest BCUT2D eigenvalue weighted by Gasteiger charge is 2.36. The van der Waals surface area contributed by atoms with Gasteiger partial charge in [0.05, 0.1) is 18.9 Å². The Balaban J connectivity index is 1.51. The third-order valence-electron chi connectivity index (χ3n) is 5.19. The van der Waals surface area contributed by atoms with E-state index in [-0.39, 0.29) is 23.7 Å². The molecule has 7 nitrogen and oxygen atoms in total. The second kappa shape index (κ2) is 7.94. The van der Waals surface area contributed by atoms with Crippen molar-refractivity contribution in [2.45, 2.75) is 31.1 Å². The van der Waals surface area contributed by atoms with Crippen LogP contribution in [0.2, 0.25) is 0 Å². The van der Waals surface area contributed by atoms with Crippen LogP contribution in [0.25, 0.3) is 0 Å². The lowest BCUT2D eigenvalue weighted by Gasteiger charge is -2.38. The molecule has 1 unspecified atom stereocenters. The molecule has 1 aliphatic carbocycles. The van der Waals surface area contributed by atoms with E-state index >= 15 is 0 Å². The van der Waals surface area contributed by atoms with Gasteiger partial charge in [-0.1, -0.05) is 18.2 Å². The van der Waals surface area contributed by atoms with Crippen LogP contribution in [0.1, 0.15) is 31.4 Å². The maximum Gasteiger partial charge on any atom is 0.237 e. The molecule has 1 amide bonds. The van der Waals surface area contributed by atoms with Gasteiger partial charge in [-0.15, -0.1) is 0 Å². The van der Waals surface area contributed by atoms with Gasteiger partial charge in [0.25, 0.3) is 0 Å². The second-order valence-electron chi connectivity index (χ2n) is 6.90. The van der Waals surface area contributed by atoms with Gasteiger partial charge in [-0.25, -0.2) is 13.1 Å². The first-order chi connectivity index (χ1) is 12.4. The third kappa shape index (κ3) is 4.36. The number of hydrogen-bond donors (Lipinski definition) is 1. The number of ether oxygens (including phenoxy) is 1. The highest BCUT2D eigenvalue weighted by Crippen LogP contribution is 2.29. The molecule has 1 aromatic carbocycles. The summed E-state index contributed by atoms with van der Waals surface area (Å²) >= 11 is 0. The number of nitrogens with zero attached hydrogens (tertiary/aromatic N) is 2. The average Bonchev–Trinajstić information content (AvgIpc) is 3.51. The van der Waals surface area contributed by atoms with Crippen LogP contribution in [0.15, 0.2) is 24.3 Å². The van der Waals surface area contributed by atoms with E-state index in [1.807, 2.05) is 18.2 Å². The summed E-state index contributed by atoms with van der Waals surface area (Å²) in [4.78, 5) is 16.3. The number of piperazine rings is 1. The average molecular weight is 381 g/mol. The Kier molecular flexibility index (Phi) is 5.84. The number of carbonyl (C=O) groups excluding carboxylic acids is 1. The number of nitrogens with one attached hydrogen (secondary N) is 1. The summed E-state index contributed by atoms with van der Waals surface area (Å²) in [5.74, 6) is 0.715. The molecule has 0 bridgehead atoms. The first-order valence-electron chi connectivity index (χ1n) is 9.05. The van der Waals surface area contributed by atoms with Crippen molar-refractivity contribution in [2.24, 2.45) is 0 Å². The van der Waals surface area contributed by atoms with Crippen LogP contribution in [-0.2, 0) is 14.8 Å². The zero-order chi connectivity index (χ0) is 18.7. The number of benzene rings is 1. The Labute approximate surface area is 155 Å². The number of amides is 1. The van der Waals surface area contributed by atoms with Gasteiger partial charge >= 0.3 is 0 Å². The molecule has 1 atom stereocenters. The van der Waals surface area contributed by atoms with Crippen molar-refractivity contribution in [1.82, 2.24) is 14.5 Å². The molecule has 2 fully saturated rings. The van der Waals surface area contributed by atoms with Gasteiger partial charge in [0.2, 0.25) is 15.9 Å². The lowest BCUT2D eigenvalue weighted by molar-refractivity contribution is -0.132. The van der Waals surface area contributed by atoms with Crippen LogP contribution in [0.3, 0.4) is 0 Å². The predicted molar refractivity (Wildman–Crippen MR) is 99.5 cm³/mol. The Hall–Kier alpha value is -1.64. The van der Waals surface area contributed by atoms with Gasteiger partial charge in [-0.3, -0.25) is 9.69 Å². The molecule has 8 heteroatoms.